The third-order valence-electron chi connectivity index (χ3n) is 4.95. The smallest absolute Gasteiger partial charge is 0.241 e. The third kappa shape index (κ3) is 5.16. The monoisotopic (exact) mass is 385 g/mol. The van der Waals surface area contributed by atoms with Gasteiger partial charge in [-0.1, -0.05) is 0 Å². The molecule has 0 spiro atoms. The van der Waals surface area contributed by atoms with Crippen molar-refractivity contribution in [2.45, 2.75) is 26.4 Å². The molecule has 1 atom stereocenters. The molecule has 1 amide bonds. The molecule has 2 rings (SSSR count). The lowest BCUT2D eigenvalue weighted by Crippen LogP contribution is -2.39. The summed E-state index contributed by atoms with van der Waals surface area (Å²) in [6.07, 6.45) is 0. The fraction of sp³-hybridized carbons (Fsp3) is 0.409. The van der Waals surface area contributed by atoms with Crippen molar-refractivity contribution in [1.29, 1.82) is 0 Å². The van der Waals surface area contributed by atoms with E-state index in [9.17, 15) is 4.79 Å². The quantitative estimate of drug-likeness (QED) is 0.753. The van der Waals surface area contributed by atoms with E-state index in [-0.39, 0.29) is 11.9 Å². The van der Waals surface area contributed by atoms with Crippen molar-refractivity contribution >= 4 is 17.3 Å². The topological polar surface area (TPSA) is 54.0 Å². The predicted octanol–water partition coefficient (Wildman–Crippen LogP) is 3.54. The minimum absolute atomic E-state index is 0.0433. The van der Waals surface area contributed by atoms with Crippen molar-refractivity contribution in [1.82, 2.24) is 4.90 Å². The molecule has 1 N–H and O–H groups in total. The van der Waals surface area contributed by atoms with Gasteiger partial charge in [0.15, 0.2) is 11.5 Å². The Bertz CT molecular complexity index is 803. The number of methoxy groups -OCH3 is 2. The van der Waals surface area contributed by atoms with Crippen LogP contribution in [0.1, 0.15) is 18.1 Å². The summed E-state index contributed by atoms with van der Waals surface area (Å²) >= 11 is 0. The van der Waals surface area contributed by atoms with Crippen LogP contribution in [0.2, 0.25) is 0 Å². The van der Waals surface area contributed by atoms with Gasteiger partial charge in [-0.15, -0.1) is 0 Å². The molecule has 0 heterocycles. The number of ether oxygens (including phenoxy) is 2. The van der Waals surface area contributed by atoms with Crippen LogP contribution in [-0.2, 0) is 11.3 Å². The second-order valence-corrected chi connectivity index (χ2v) is 7.16. The highest BCUT2D eigenvalue weighted by atomic mass is 16.5. The lowest BCUT2D eigenvalue weighted by Gasteiger charge is -2.25. The van der Waals surface area contributed by atoms with E-state index in [0.29, 0.717) is 18.0 Å². The number of nitrogens with zero attached hydrogens (tertiary/aromatic N) is 2. The summed E-state index contributed by atoms with van der Waals surface area (Å²) in [5, 5.41) is 2.99. The van der Waals surface area contributed by atoms with Gasteiger partial charge in [0.25, 0.3) is 0 Å². The molecular weight excluding hydrogens is 354 g/mol. The van der Waals surface area contributed by atoms with Crippen LogP contribution in [0.15, 0.2) is 36.4 Å². The average molecular weight is 386 g/mol. The Hall–Kier alpha value is -2.73. The number of anilines is 2. The fourth-order valence-electron chi connectivity index (χ4n) is 2.89. The molecule has 0 saturated heterocycles. The fourth-order valence-corrected chi connectivity index (χ4v) is 2.89. The average Bonchev–Trinajstić information content (AvgIpc) is 2.68. The Morgan fingerprint density at radius 3 is 2.14 bits per heavy atom. The number of benzene rings is 2. The molecule has 2 aromatic rings. The van der Waals surface area contributed by atoms with Crippen LogP contribution in [0.4, 0.5) is 11.4 Å². The molecule has 152 valence electrons. The maximum atomic E-state index is 12.7. The number of aryl methyl sites for hydroxylation is 1. The van der Waals surface area contributed by atoms with Crippen molar-refractivity contribution in [3.05, 3.63) is 47.5 Å². The molecule has 6 nitrogen and oxygen atoms in total. The van der Waals surface area contributed by atoms with Gasteiger partial charge in [0.05, 0.1) is 20.3 Å². The zero-order valence-electron chi connectivity index (χ0n) is 17.9. The molecule has 28 heavy (non-hydrogen) atoms. The number of likely N-dealkylation sites (N-methyl/N-ethyl adjacent to an activating group) is 1. The first-order valence-corrected chi connectivity index (χ1v) is 9.26. The van der Waals surface area contributed by atoms with Gasteiger partial charge < -0.3 is 19.7 Å². The van der Waals surface area contributed by atoms with Gasteiger partial charge in [0.2, 0.25) is 5.91 Å². The molecule has 0 saturated carbocycles. The molecule has 0 bridgehead atoms. The predicted molar refractivity (Wildman–Crippen MR) is 115 cm³/mol. The standard InChI is InChI=1S/C22H31N3O3/c1-15-12-20(27-6)21(28-7)13-17(15)14-25(5)16(2)22(26)23-18-8-10-19(11-9-18)24(3)4/h8-13,16H,14H2,1-7H3,(H,23,26). The molecule has 1 unspecified atom stereocenters. The highest BCUT2D eigenvalue weighted by molar-refractivity contribution is 5.94. The van der Waals surface area contributed by atoms with Gasteiger partial charge in [-0.25, -0.2) is 0 Å². The lowest BCUT2D eigenvalue weighted by atomic mass is 10.1. The molecule has 0 fully saturated rings. The number of hydrogen-bond donors (Lipinski definition) is 1. The van der Waals surface area contributed by atoms with Crippen LogP contribution in [-0.4, -0.2) is 52.2 Å². The van der Waals surface area contributed by atoms with E-state index in [1.54, 1.807) is 14.2 Å². The number of rotatable bonds is 8. The van der Waals surface area contributed by atoms with Crippen molar-refractivity contribution in [3.8, 4) is 11.5 Å². The molecule has 0 aromatic heterocycles. The van der Waals surface area contributed by atoms with Crippen LogP contribution in [0.25, 0.3) is 0 Å². The van der Waals surface area contributed by atoms with Gasteiger partial charge >= 0.3 is 0 Å². The number of carbonyl (C=O) groups excluding carboxylic acids is 1. The van der Waals surface area contributed by atoms with Crippen molar-refractivity contribution in [2.24, 2.45) is 0 Å². The van der Waals surface area contributed by atoms with Gasteiger partial charge in [-0.2, -0.15) is 0 Å². The van der Waals surface area contributed by atoms with E-state index < -0.39 is 0 Å². The largest absolute Gasteiger partial charge is 0.493 e. The second-order valence-electron chi connectivity index (χ2n) is 7.16. The highest BCUT2D eigenvalue weighted by Gasteiger charge is 2.20. The summed E-state index contributed by atoms with van der Waals surface area (Å²) in [5.41, 5.74) is 4.07. The Kier molecular flexibility index (Phi) is 7.29. The van der Waals surface area contributed by atoms with Crippen molar-refractivity contribution in [2.75, 3.05) is 45.6 Å². The van der Waals surface area contributed by atoms with E-state index in [1.807, 2.05) is 81.2 Å². The van der Waals surface area contributed by atoms with Crippen LogP contribution in [0.3, 0.4) is 0 Å². The summed E-state index contributed by atoms with van der Waals surface area (Å²) in [6.45, 7) is 4.56. The maximum Gasteiger partial charge on any atom is 0.241 e. The molecule has 2 aromatic carbocycles. The van der Waals surface area contributed by atoms with Gasteiger partial charge in [0, 0.05) is 32.0 Å². The summed E-state index contributed by atoms with van der Waals surface area (Å²) < 4.78 is 10.7. The Labute approximate surface area is 168 Å². The molecule has 6 heteroatoms. The zero-order valence-corrected chi connectivity index (χ0v) is 17.9. The SMILES string of the molecule is COc1cc(C)c(CN(C)C(C)C(=O)Nc2ccc(N(C)C)cc2)cc1OC. The summed E-state index contributed by atoms with van der Waals surface area (Å²) in [4.78, 5) is 16.7. The number of nitrogens with one attached hydrogen (secondary N) is 1. The summed E-state index contributed by atoms with van der Waals surface area (Å²) in [5.74, 6) is 1.35. The first-order valence-electron chi connectivity index (χ1n) is 9.26. The van der Waals surface area contributed by atoms with Crippen LogP contribution < -0.4 is 19.7 Å². The van der Waals surface area contributed by atoms with E-state index in [1.165, 1.54) is 0 Å². The van der Waals surface area contributed by atoms with E-state index in [4.69, 9.17) is 9.47 Å². The summed E-state index contributed by atoms with van der Waals surface area (Å²) in [6, 6.07) is 11.4. The molecular formula is C22H31N3O3. The van der Waals surface area contributed by atoms with E-state index in [0.717, 1.165) is 22.5 Å². The first kappa shape index (κ1) is 21.6. The Balaban J connectivity index is 2.05. The number of amides is 1. The lowest BCUT2D eigenvalue weighted by molar-refractivity contribution is -0.120. The van der Waals surface area contributed by atoms with Crippen LogP contribution >= 0.6 is 0 Å². The molecule has 0 aliphatic rings. The minimum Gasteiger partial charge on any atom is -0.493 e. The number of carbonyl (C=O) groups is 1. The highest BCUT2D eigenvalue weighted by Crippen LogP contribution is 2.31. The van der Waals surface area contributed by atoms with E-state index in [2.05, 4.69) is 5.32 Å². The third-order valence-corrected chi connectivity index (χ3v) is 4.95. The normalized spacial score (nSPS) is 11.9. The Morgan fingerprint density at radius 1 is 1.04 bits per heavy atom. The zero-order chi connectivity index (χ0) is 20.8. The van der Waals surface area contributed by atoms with Gasteiger partial charge in [-0.05, 0) is 68.4 Å². The first-order chi connectivity index (χ1) is 13.3. The molecule has 0 radical (unpaired) electrons. The minimum atomic E-state index is -0.291. The second kappa shape index (κ2) is 9.46. The number of hydrogen-bond acceptors (Lipinski definition) is 5. The van der Waals surface area contributed by atoms with Crippen molar-refractivity contribution < 1.29 is 14.3 Å². The molecule has 0 aliphatic carbocycles. The van der Waals surface area contributed by atoms with Crippen molar-refractivity contribution in [3.63, 3.8) is 0 Å². The summed E-state index contributed by atoms with van der Waals surface area (Å²) in [7, 11) is 9.16. The maximum absolute atomic E-state index is 12.7. The van der Waals surface area contributed by atoms with E-state index >= 15 is 0 Å². The van der Waals surface area contributed by atoms with Crippen LogP contribution in [0.5, 0.6) is 11.5 Å². The molecule has 0 aliphatic heterocycles. The Morgan fingerprint density at radius 2 is 1.61 bits per heavy atom. The van der Waals surface area contributed by atoms with Gasteiger partial charge in [-0.3, -0.25) is 9.69 Å². The van der Waals surface area contributed by atoms with Crippen LogP contribution in [0, 0.1) is 6.92 Å². The van der Waals surface area contributed by atoms with Gasteiger partial charge in [0.1, 0.15) is 0 Å².